The molecule has 0 bridgehead atoms. The number of nitrogens with zero attached hydrogens (tertiary/aromatic N) is 1. The van der Waals surface area contributed by atoms with Crippen molar-refractivity contribution in [3.8, 4) is 11.5 Å². The van der Waals surface area contributed by atoms with E-state index >= 15 is 0 Å². The van der Waals surface area contributed by atoms with Crippen molar-refractivity contribution in [2.45, 2.75) is 38.7 Å². The molecule has 0 radical (unpaired) electrons. The smallest absolute Gasteiger partial charge is 0.315 e. The van der Waals surface area contributed by atoms with Crippen LogP contribution in [0.3, 0.4) is 0 Å². The third kappa shape index (κ3) is 3.63. The summed E-state index contributed by atoms with van der Waals surface area (Å²) >= 11 is 0. The van der Waals surface area contributed by atoms with Crippen molar-refractivity contribution >= 4 is 17.5 Å². The molecule has 2 atom stereocenters. The minimum Gasteiger partial charge on any atom is -0.460 e. The van der Waals surface area contributed by atoms with Gasteiger partial charge in [-0.3, -0.25) is 14.6 Å². The molecule has 31 heavy (non-hydrogen) atoms. The lowest BCUT2D eigenvalue weighted by atomic mass is 9.71. The number of aliphatic imine (C=N–C) groups is 1. The number of carbonyl (C=O) groups excluding carboxylic acids is 2. The van der Waals surface area contributed by atoms with Gasteiger partial charge in [-0.25, -0.2) is 0 Å². The number of benzene rings is 2. The first-order valence-electron chi connectivity index (χ1n) is 10.5. The van der Waals surface area contributed by atoms with Crippen molar-refractivity contribution in [2.24, 2.45) is 10.9 Å². The highest BCUT2D eigenvalue weighted by Crippen LogP contribution is 2.46. The Hall–Kier alpha value is -3.41. The molecule has 158 valence electrons. The van der Waals surface area contributed by atoms with Crippen molar-refractivity contribution in [1.29, 1.82) is 0 Å². The van der Waals surface area contributed by atoms with Crippen molar-refractivity contribution in [2.75, 3.05) is 6.79 Å². The van der Waals surface area contributed by atoms with E-state index in [-0.39, 0.29) is 25.2 Å². The molecule has 0 amide bonds. The molecule has 2 aromatic carbocycles. The van der Waals surface area contributed by atoms with E-state index in [2.05, 4.69) is 4.99 Å². The molecule has 0 spiro atoms. The summed E-state index contributed by atoms with van der Waals surface area (Å²) in [6.45, 7) is 2.19. The van der Waals surface area contributed by atoms with Crippen LogP contribution in [0.1, 0.15) is 43.2 Å². The van der Waals surface area contributed by atoms with Crippen LogP contribution in [0.4, 0.5) is 0 Å². The molecular weight excluding hydrogens is 394 g/mol. The van der Waals surface area contributed by atoms with Gasteiger partial charge in [0.15, 0.2) is 17.3 Å². The zero-order chi connectivity index (χ0) is 21.4. The molecule has 2 heterocycles. The van der Waals surface area contributed by atoms with E-state index in [1.54, 1.807) is 0 Å². The highest BCUT2D eigenvalue weighted by Gasteiger charge is 2.43. The summed E-state index contributed by atoms with van der Waals surface area (Å²) in [7, 11) is 0. The van der Waals surface area contributed by atoms with Gasteiger partial charge in [-0.1, -0.05) is 36.4 Å². The van der Waals surface area contributed by atoms with Gasteiger partial charge in [0.1, 0.15) is 12.5 Å². The summed E-state index contributed by atoms with van der Waals surface area (Å²) in [4.78, 5) is 30.9. The van der Waals surface area contributed by atoms with Crippen molar-refractivity contribution < 1.29 is 23.8 Å². The first kappa shape index (κ1) is 19.5. The molecule has 6 heteroatoms. The van der Waals surface area contributed by atoms with Gasteiger partial charge < -0.3 is 14.2 Å². The molecule has 1 aliphatic carbocycles. The standard InChI is InChI=1S/C25H23NO5/c1-15-22(25(28)29-13-16-6-3-2-4-7-16)23(24-18(26-15)8-5-9-19(24)27)17-10-11-20-21(12-17)31-14-30-20/h2-4,6-7,10-12,22-23H,5,8-9,13-14H2,1H3. The summed E-state index contributed by atoms with van der Waals surface area (Å²) in [5.41, 5.74) is 3.85. The van der Waals surface area contributed by atoms with Gasteiger partial charge in [-0.2, -0.15) is 0 Å². The number of ketones is 1. The van der Waals surface area contributed by atoms with E-state index in [0.717, 1.165) is 29.7 Å². The third-order valence-electron chi connectivity index (χ3n) is 6.07. The average molecular weight is 417 g/mol. The normalized spacial score (nSPS) is 22.1. The van der Waals surface area contributed by atoms with Crippen LogP contribution in [0.2, 0.25) is 0 Å². The highest BCUT2D eigenvalue weighted by molar-refractivity contribution is 6.08. The van der Waals surface area contributed by atoms with E-state index in [1.165, 1.54) is 0 Å². The molecule has 0 fully saturated rings. The Balaban J connectivity index is 1.52. The number of ether oxygens (including phenoxy) is 3. The lowest BCUT2D eigenvalue weighted by molar-refractivity contribution is -0.148. The van der Waals surface area contributed by atoms with Crippen LogP contribution in [0.25, 0.3) is 0 Å². The monoisotopic (exact) mass is 417 g/mol. The number of esters is 1. The Morgan fingerprint density at radius 3 is 2.74 bits per heavy atom. The van der Waals surface area contributed by atoms with Gasteiger partial charge in [0.05, 0.1) is 0 Å². The maximum absolute atomic E-state index is 13.3. The van der Waals surface area contributed by atoms with E-state index in [9.17, 15) is 9.59 Å². The molecule has 2 aromatic rings. The maximum atomic E-state index is 13.3. The Morgan fingerprint density at radius 1 is 1.10 bits per heavy atom. The first-order valence-corrected chi connectivity index (χ1v) is 10.5. The molecule has 0 saturated carbocycles. The topological polar surface area (TPSA) is 74.2 Å². The zero-order valence-electron chi connectivity index (χ0n) is 17.3. The summed E-state index contributed by atoms with van der Waals surface area (Å²) in [6.07, 6.45) is 2.00. The SMILES string of the molecule is CC1=NC2=C(C(=O)CCC2)C(c2ccc3c(c2)OCO3)C1C(=O)OCc1ccccc1. The summed E-state index contributed by atoms with van der Waals surface area (Å²) in [5, 5.41) is 0. The summed E-state index contributed by atoms with van der Waals surface area (Å²) in [5.74, 6) is -0.140. The second-order valence-electron chi connectivity index (χ2n) is 8.05. The quantitative estimate of drug-likeness (QED) is 0.692. The molecule has 2 aliphatic heterocycles. The molecule has 2 unspecified atom stereocenters. The van der Waals surface area contributed by atoms with Crippen LogP contribution in [0.5, 0.6) is 11.5 Å². The van der Waals surface area contributed by atoms with E-state index in [4.69, 9.17) is 14.2 Å². The van der Waals surface area contributed by atoms with Crippen LogP contribution >= 0.6 is 0 Å². The number of hydrogen-bond acceptors (Lipinski definition) is 6. The van der Waals surface area contributed by atoms with E-state index in [1.807, 2.05) is 55.5 Å². The van der Waals surface area contributed by atoms with Crippen molar-refractivity contribution in [3.63, 3.8) is 0 Å². The second kappa shape index (κ2) is 8.02. The van der Waals surface area contributed by atoms with Crippen molar-refractivity contribution in [1.82, 2.24) is 0 Å². The third-order valence-corrected chi connectivity index (χ3v) is 6.07. The van der Waals surface area contributed by atoms with Gasteiger partial charge >= 0.3 is 5.97 Å². The maximum Gasteiger partial charge on any atom is 0.315 e. The fourth-order valence-corrected chi connectivity index (χ4v) is 4.60. The minimum absolute atomic E-state index is 0.0565. The van der Waals surface area contributed by atoms with Gasteiger partial charge in [0.25, 0.3) is 0 Å². The number of Topliss-reactive ketones (excluding diaryl/α,β-unsaturated/α-hetero) is 1. The lowest BCUT2D eigenvalue weighted by Gasteiger charge is -2.34. The molecule has 0 aromatic heterocycles. The summed E-state index contributed by atoms with van der Waals surface area (Å²) < 4.78 is 16.7. The molecule has 0 saturated heterocycles. The predicted molar refractivity (Wildman–Crippen MR) is 114 cm³/mol. The van der Waals surface area contributed by atoms with Gasteiger partial charge in [-0.15, -0.1) is 0 Å². The van der Waals surface area contributed by atoms with Crippen LogP contribution in [-0.4, -0.2) is 24.3 Å². The highest BCUT2D eigenvalue weighted by atomic mass is 16.7. The van der Waals surface area contributed by atoms with Gasteiger partial charge in [0.2, 0.25) is 6.79 Å². The number of allylic oxidation sites excluding steroid dienone is 2. The largest absolute Gasteiger partial charge is 0.460 e. The molecule has 6 nitrogen and oxygen atoms in total. The second-order valence-corrected chi connectivity index (χ2v) is 8.05. The van der Waals surface area contributed by atoms with Crippen LogP contribution < -0.4 is 9.47 Å². The Kier molecular flexibility index (Phi) is 5.06. The Labute approximate surface area is 180 Å². The number of hydrogen-bond donors (Lipinski definition) is 0. The predicted octanol–water partition coefficient (Wildman–Crippen LogP) is 4.34. The first-order chi connectivity index (χ1) is 15.1. The fraction of sp³-hybridized carbons (Fsp3) is 0.320. The minimum atomic E-state index is -0.662. The van der Waals surface area contributed by atoms with Crippen LogP contribution in [0.15, 0.2) is 64.8 Å². The number of carbonyl (C=O) groups is 2. The van der Waals surface area contributed by atoms with E-state index in [0.29, 0.717) is 29.2 Å². The fourth-order valence-electron chi connectivity index (χ4n) is 4.60. The summed E-state index contributed by atoms with van der Waals surface area (Å²) in [6, 6.07) is 15.2. The van der Waals surface area contributed by atoms with Crippen molar-refractivity contribution in [3.05, 3.63) is 70.9 Å². The number of rotatable bonds is 4. The number of fused-ring (bicyclic) bond motifs is 1. The average Bonchev–Trinajstić information content (AvgIpc) is 3.25. The molecule has 5 rings (SSSR count). The Bertz CT molecular complexity index is 1100. The van der Waals surface area contributed by atoms with Gasteiger partial charge in [0, 0.05) is 29.3 Å². The lowest BCUT2D eigenvalue weighted by Crippen LogP contribution is -2.37. The Morgan fingerprint density at radius 2 is 1.90 bits per heavy atom. The van der Waals surface area contributed by atoms with E-state index < -0.39 is 11.8 Å². The molecular formula is C25H23NO5. The molecule has 0 N–H and O–H groups in total. The van der Waals surface area contributed by atoms with Crippen LogP contribution in [0, 0.1) is 5.92 Å². The van der Waals surface area contributed by atoms with Gasteiger partial charge in [-0.05, 0) is 43.0 Å². The zero-order valence-corrected chi connectivity index (χ0v) is 17.3. The van der Waals surface area contributed by atoms with Crippen LogP contribution in [-0.2, 0) is 20.9 Å². The molecule has 3 aliphatic rings.